The van der Waals surface area contributed by atoms with E-state index in [4.69, 9.17) is 0 Å². The molecule has 1 rings (SSSR count). The zero-order chi connectivity index (χ0) is 14.3. The highest BCUT2D eigenvalue weighted by Crippen LogP contribution is 2.06. The van der Waals surface area contributed by atoms with Gasteiger partial charge in [-0.2, -0.15) is 0 Å². The summed E-state index contributed by atoms with van der Waals surface area (Å²) in [6.07, 6.45) is 0.417. The molecule has 0 bridgehead atoms. The van der Waals surface area contributed by atoms with Gasteiger partial charge in [-0.25, -0.2) is 4.79 Å². The van der Waals surface area contributed by atoms with Crippen LogP contribution >= 0.6 is 0 Å². The van der Waals surface area contributed by atoms with Gasteiger partial charge in [0, 0.05) is 45.8 Å². The Balaban J connectivity index is 2.32. The highest BCUT2D eigenvalue weighted by Gasteiger charge is 2.23. The number of carbonyl (C=O) groups is 2. The number of rotatable bonds is 5. The molecule has 110 valence electrons. The first kappa shape index (κ1) is 15.8. The maximum atomic E-state index is 12.1. The fourth-order valence-electron chi connectivity index (χ4n) is 2.21. The number of amides is 2. The van der Waals surface area contributed by atoms with Crippen LogP contribution in [-0.4, -0.2) is 79.6 Å². The quantitative estimate of drug-likeness (QED) is 0.688. The molecule has 0 unspecified atom stereocenters. The van der Waals surface area contributed by atoms with Gasteiger partial charge in [0.05, 0.1) is 13.5 Å². The van der Waals surface area contributed by atoms with Crippen LogP contribution in [0.4, 0.5) is 4.79 Å². The number of hydrogen-bond donors (Lipinski definition) is 0. The van der Waals surface area contributed by atoms with E-state index in [-0.39, 0.29) is 12.0 Å². The number of methoxy groups -OCH3 is 1. The van der Waals surface area contributed by atoms with E-state index >= 15 is 0 Å². The minimum Gasteiger partial charge on any atom is -0.469 e. The van der Waals surface area contributed by atoms with E-state index in [0.717, 1.165) is 39.3 Å². The summed E-state index contributed by atoms with van der Waals surface area (Å²) in [5.41, 5.74) is 0. The van der Waals surface area contributed by atoms with Crippen LogP contribution in [-0.2, 0) is 9.53 Å². The van der Waals surface area contributed by atoms with Crippen molar-refractivity contribution in [3.63, 3.8) is 0 Å². The summed E-state index contributed by atoms with van der Waals surface area (Å²) < 4.78 is 4.62. The molecule has 0 aromatic rings. The lowest BCUT2D eigenvalue weighted by atomic mass is 10.3. The largest absolute Gasteiger partial charge is 0.469 e. The molecule has 0 spiro atoms. The van der Waals surface area contributed by atoms with Crippen molar-refractivity contribution in [3.05, 3.63) is 0 Å². The third-order valence-electron chi connectivity index (χ3n) is 3.54. The third-order valence-corrected chi connectivity index (χ3v) is 3.54. The van der Waals surface area contributed by atoms with E-state index in [2.05, 4.69) is 9.64 Å². The molecule has 0 aromatic heterocycles. The normalized spacial score (nSPS) is 16.3. The molecule has 19 heavy (non-hydrogen) atoms. The van der Waals surface area contributed by atoms with Crippen molar-refractivity contribution in [2.45, 2.75) is 20.3 Å². The number of esters is 1. The summed E-state index contributed by atoms with van der Waals surface area (Å²) in [6, 6.07) is 0.123. The smallest absolute Gasteiger partial charge is 0.320 e. The van der Waals surface area contributed by atoms with Crippen molar-refractivity contribution in [2.75, 3.05) is 52.9 Å². The number of hydrogen-bond acceptors (Lipinski definition) is 4. The Morgan fingerprint density at radius 1 is 1.11 bits per heavy atom. The van der Waals surface area contributed by atoms with E-state index in [1.54, 1.807) is 0 Å². The molecule has 0 atom stereocenters. The number of ether oxygens (including phenoxy) is 1. The van der Waals surface area contributed by atoms with Gasteiger partial charge < -0.3 is 14.5 Å². The SMILES string of the molecule is CCN(CC)C(=O)N1CCN(CCC(=O)OC)CC1. The average molecular weight is 271 g/mol. The van der Waals surface area contributed by atoms with Gasteiger partial charge >= 0.3 is 12.0 Å². The van der Waals surface area contributed by atoms with Crippen LogP contribution in [0.25, 0.3) is 0 Å². The molecule has 1 fully saturated rings. The summed E-state index contributed by atoms with van der Waals surface area (Å²) in [5.74, 6) is -0.179. The van der Waals surface area contributed by atoms with E-state index in [9.17, 15) is 9.59 Å². The summed E-state index contributed by atoms with van der Waals surface area (Å²) >= 11 is 0. The Bertz CT molecular complexity index is 298. The second kappa shape index (κ2) is 7.99. The molecule has 0 saturated carbocycles. The molecule has 1 aliphatic heterocycles. The van der Waals surface area contributed by atoms with Gasteiger partial charge in [0.2, 0.25) is 0 Å². The maximum absolute atomic E-state index is 12.1. The number of piperazine rings is 1. The highest BCUT2D eigenvalue weighted by atomic mass is 16.5. The Labute approximate surface area is 115 Å². The van der Waals surface area contributed by atoms with Gasteiger partial charge in [0.15, 0.2) is 0 Å². The van der Waals surface area contributed by atoms with Crippen LogP contribution in [0.1, 0.15) is 20.3 Å². The lowest BCUT2D eigenvalue weighted by Gasteiger charge is -2.37. The zero-order valence-corrected chi connectivity index (χ0v) is 12.2. The minimum atomic E-state index is -0.179. The molecule has 0 aromatic carbocycles. The van der Waals surface area contributed by atoms with Crippen molar-refractivity contribution in [1.29, 1.82) is 0 Å². The van der Waals surface area contributed by atoms with Gasteiger partial charge in [-0.1, -0.05) is 0 Å². The van der Waals surface area contributed by atoms with Gasteiger partial charge in [0.25, 0.3) is 0 Å². The topological polar surface area (TPSA) is 53.1 Å². The lowest BCUT2D eigenvalue weighted by molar-refractivity contribution is -0.141. The zero-order valence-electron chi connectivity index (χ0n) is 12.2. The van der Waals surface area contributed by atoms with Crippen LogP contribution in [0.15, 0.2) is 0 Å². The molecule has 0 aliphatic carbocycles. The van der Waals surface area contributed by atoms with Gasteiger partial charge in [0.1, 0.15) is 0 Å². The second-order valence-corrected chi connectivity index (χ2v) is 4.61. The maximum Gasteiger partial charge on any atom is 0.320 e. The Morgan fingerprint density at radius 2 is 1.68 bits per heavy atom. The fraction of sp³-hybridized carbons (Fsp3) is 0.846. The van der Waals surface area contributed by atoms with Crippen molar-refractivity contribution in [2.24, 2.45) is 0 Å². The molecule has 6 nitrogen and oxygen atoms in total. The molecule has 0 N–H and O–H groups in total. The van der Waals surface area contributed by atoms with E-state index in [1.165, 1.54) is 7.11 Å². The summed E-state index contributed by atoms with van der Waals surface area (Å²) in [5, 5.41) is 0. The molecular formula is C13H25N3O3. The standard InChI is InChI=1S/C13H25N3O3/c1-4-15(5-2)13(18)16-10-8-14(9-11-16)7-6-12(17)19-3/h4-11H2,1-3H3. The third kappa shape index (κ3) is 4.70. The average Bonchev–Trinajstić information content (AvgIpc) is 2.46. The van der Waals surface area contributed by atoms with E-state index < -0.39 is 0 Å². The second-order valence-electron chi connectivity index (χ2n) is 4.61. The molecule has 6 heteroatoms. The molecule has 2 amide bonds. The molecule has 1 heterocycles. The van der Waals surface area contributed by atoms with Crippen LogP contribution in [0.5, 0.6) is 0 Å². The minimum absolute atomic E-state index is 0.123. The monoisotopic (exact) mass is 271 g/mol. The van der Waals surface area contributed by atoms with Gasteiger partial charge in [-0.05, 0) is 13.8 Å². The highest BCUT2D eigenvalue weighted by molar-refractivity contribution is 5.74. The molecule has 0 radical (unpaired) electrons. The van der Waals surface area contributed by atoms with Gasteiger partial charge in [-0.3, -0.25) is 9.69 Å². The first-order valence-corrected chi connectivity index (χ1v) is 6.95. The van der Waals surface area contributed by atoms with Crippen molar-refractivity contribution < 1.29 is 14.3 Å². The Kier molecular flexibility index (Phi) is 6.62. The first-order valence-electron chi connectivity index (χ1n) is 6.95. The molecule has 1 aliphatic rings. The first-order chi connectivity index (χ1) is 9.12. The van der Waals surface area contributed by atoms with E-state index in [1.807, 2.05) is 23.6 Å². The van der Waals surface area contributed by atoms with Crippen LogP contribution in [0.3, 0.4) is 0 Å². The lowest BCUT2D eigenvalue weighted by Crippen LogP contribution is -2.53. The Morgan fingerprint density at radius 3 is 2.16 bits per heavy atom. The van der Waals surface area contributed by atoms with Crippen molar-refractivity contribution in [1.82, 2.24) is 14.7 Å². The van der Waals surface area contributed by atoms with Crippen molar-refractivity contribution in [3.8, 4) is 0 Å². The Hall–Kier alpha value is -1.30. The predicted octanol–water partition coefficient (Wildman–Crippen LogP) is 0.629. The number of urea groups is 1. The van der Waals surface area contributed by atoms with Crippen LogP contribution in [0.2, 0.25) is 0 Å². The molecular weight excluding hydrogens is 246 g/mol. The van der Waals surface area contributed by atoms with Gasteiger partial charge in [-0.15, -0.1) is 0 Å². The molecule has 1 saturated heterocycles. The fourth-order valence-corrected chi connectivity index (χ4v) is 2.21. The predicted molar refractivity (Wildman–Crippen MR) is 73.0 cm³/mol. The number of nitrogens with zero attached hydrogens (tertiary/aromatic N) is 3. The van der Waals surface area contributed by atoms with E-state index in [0.29, 0.717) is 13.0 Å². The summed E-state index contributed by atoms with van der Waals surface area (Å²) in [7, 11) is 1.41. The van der Waals surface area contributed by atoms with Crippen LogP contribution < -0.4 is 0 Å². The number of carbonyl (C=O) groups excluding carboxylic acids is 2. The summed E-state index contributed by atoms with van der Waals surface area (Å²) in [6.45, 7) is 9.30. The van der Waals surface area contributed by atoms with Crippen molar-refractivity contribution >= 4 is 12.0 Å². The van der Waals surface area contributed by atoms with Crippen LogP contribution in [0, 0.1) is 0 Å². The summed E-state index contributed by atoms with van der Waals surface area (Å²) in [4.78, 5) is 29.1.